The molecular weight excluding hydrogens is 505 g/mol. The fraction of sp³-hybridized carbons (Fsp3) is 0.292. The summed E-state index contributed by atoms with van der Waals surface area (Å²) in [5.41, 5.74) is 0.0564. The number of aromatic nitrogens is 1. The van der Waals surface area contributed by atoms with E-state index in [2.05, 4.69) is 0 Å². The van der Waals surface area contributed by atoms with Crippen molar-refractivity contribution in [2.45, 2.75) is 19.1 Å². The van der Waals surface area contributed by atoms with Crippen LogP contribution in [0.5, 0.6) is 5.88 Å². The molecule has 0 saturated heterocycles. The van der Waals surface area contributed by atoms with Gasteiger partial charge in [-0.1, -0.05) is 54.1 Å². The number of nitrogens with zero attached hydrogens (tertiary/aromatic N) is 2. The zero-order valence-corrected chi connectivity index (χ0v) is 20.6. The van der Waals surface area contributed by atoms with E-state index in [1.807, 2.05) is 0 Å². The molecule has 0 bridgehead atoms. The molecule has 3 aromatic rings. The Hall–Kier alpha value is -2.98. The normalized spacial score (nSPS) is 11.9. The zero-order chi connectivity index (χ0) is 25.8. The molecule has 2 aromatic carbocycles. The topological polar surface area (TPSA) is 68.6 Å². The predicted molar refractivity (Wildman–Crippen MR) is 128 cm³/mol. The first-order chi connectivity index (χ1) is 16.3. The molecule has 1 aromatic heterocycles. The number of sulfone groups is 1. The van der Waals surface area contributed by atoms with Gasteiger partial charge in [-0.05, 0) is 35.7 Å². The Kier molecular flexibility index (Phi) is 8.17. The van der Waals surface area contributed by atoms with Crippen LogP contribution in [0.25, 0.3) is 11.1 Å². The number of benzene rings is 2. The molecule has 0 aliphatic heterocycles. The van der Waals surface area contributed by atoms with Crippen molar-refractivity contribution in [2.75, 3.05) is 25.6 Å². The fourth-order valence-electron chi connectivity index (χ4n) is 3.45. The molecule has 0 fully saturated rings. The highest BCUT2D eigenvalue weighted by Gasteiger charge is 2.38. The highest BCUT2D eigenvalue weighted by molar-refractivity contribution is 7.90. The molecule has 0 aliphatic carbocycles. The van der Waals surface area contributed by atoms with Crippen molar-refractivity contribution in [3.63, 3.8) is 0 Å². The molecule has 11 heteroatoms. The highest BCUT2D eigenvalue weighted by atomic mass is 35.5. The van der Waals surface area contributed by atoms with Gasteiger partial charge in [0.1, 0.15) is 15.5 Å². The van der Waals surface area contributed by atoms with Crippen molar-refractivity contribution in [1.82, 2.24) is 9.47 Å². The van der Waals surface area contributed by atoms with Crippen molar-refractivity contribution < 1.29 is 31.1 Å². The Labute approximate surface area is 206 Å². The van der Waals surface area contributed by atoms with Crippen LogP contribution in [0.2, 0.25) is 5.02 Å². The standard InChI is InChI=1S/C24H24ClF3N2O4S/c1-29(13-6-14-35(2,32)33)23(31)34-22-20(18-9-11-19(25)12-10-18)15-21(24(26,27)28)30(22)16-17-7-4-3-5-8-17/h3-5,7-12,15H,6,13-14,16H2,1-2H3. The van der Waals surface area contributed by atoms with Crippen molar-refractivity contribution in [2.24, 2.45) is 0 Å². The zero-order valence-electron chi connectivity index (χ0n) is 19.0. The third-order valence-electron chi connectivity index (χ3n) is 5.18. The minimum absolute atomic E-state index is 0.0493. The first-order valence-corrected chi connectivity index (χ1v) is 13.0. The lowest BCUT2D eigenvalue weighted by Crippen LogP contribution is -2.32. The van der Waals surface area contributed by atoms with Crippen molar-refractivity contribution in [1.29, 1.82) is 0 Å². The summed E-state index contributed by atoms with van der Waals surface area (Å²) in [5, 5.41) is 0.401. The monoisotopic (exact) mass is 528 g/mol. The molecule has 0 N–H and O–H groups in total. The van der Waals surface area contributed by atoms with Crippen LogP contribution in [0.1, 0.15) is 17.7 Å². The number of hydrogen-bond donors (Lipinski definition) is 0. The highest BCUT2D eigenvalue weighted by Crippen LogP contribution is 2.41. The van der Waals surface area contributed by atoms with E-state index in [1.54, 1.807) is 30.3 Å². The maximum absolute atomic E-state index is 14.0. The minimum Gasteiger partial charge on any atom is -0.392 e. The number of amides is 1. The second kappa shape index (κ2) is 10.7. The van der Waals surface area contributed by atoms with Gasteiger partial charge in [0, 0.05) is 30.4 Å². The second-order valence-corrected chi connectivity index (χ2v) is 10.8. The smallest absolute Gasteiger partial charge is 0.392 e. The number of hydrogen-bond acceptors (Lipinski definition) is 4. The summed E-state index contributed by atoms with van der Waals surface area (Å²) in [6, 6.07) is 15.6. The summed E-state index contributed by atoms with van der Waals surface area (Å²) in [5.74, 6) is -0.410. The number of ether oxygens (including phenoxy) is 1. The van der Waals surface area contributed by atoms with Gasteiger partial charge in [-0.3, -0.25) is 0 Å². The number of carbonyl (C=O) groups is 1. The summed E-state index contributed by atoms with van der Waals surface area (Å²) in [7, 11) is -1.83. The van der Waals surface area contributed by atoms with Crippen LogP contribution in [0, 0.1) is 0 Å². The Morgan fingerprint density at radius 3 is 2.29 bits per heavy atom. The van der Waals surface area contributed by atoms with Gasteiger partial charge >= 0.3 is 12.3 Å². The van der Waals surface area contributed by atoms with Crippen molar-refractivity contribution in [3.8, 4) is 17.0 Å². The van der Waals surface area contributed by atoms with Gasteiger partial charge in [-0.15, -0.1) is 0 Å². The van der Waals surface area contributed by atoms with E-state index in [9.17, 15) is 26.4 Å². The van der Waals surface area contributed by atoms with E-state index in [0.29, 0.717) is 16.1 Å². The molecule has 0 radical (unpaired) electrons. The van der Waals surface area contributed by atoms with E-state index in [4.69, 9.17) is 16.3 Å². The number of rotatable bonds is 8. The molecule has 0 aliphatic rings. The third-order valence-corrected chi connectivity index (χ3v) is 6.46. The van der Waals surface area contributed by atoms with Crippen LogP contribution < -0.4 is 4.74 Å². The summed E-state index contributed by atoms with van der Waals surface area (Å²) in [4.78, 5) is 13.9. The van der Waals surface area contributed by atoms with Crippen LogP contribution in [-0.2, 0) is 22.6 Å². The number of carbonyl (C=O) groups excluding carboxylic acids is 1. The molecule has 35 heavy (non-hydrogen) atoms. The maximum Gasteiger partial charge on any atom is 0.431 e. The van der Waals surface area contributed by atoms with Gasteiger partial charge in [0.25, 0.3) is 0 Å². The van der Waals surface area contributed by atoms with Gasteiger partial charge in [0.05, 0.1) is 12.3 Å². The molecule has 0 saturated carbocycles. The Morgan fingerprint density at radius 1 is 1.09 bits per heavy atom. The number of halogens is 4. The lowest BCUT2D eigenvalue weighted by atomic mass is 10.1. The van der Waals surface area contributed by atoms with E-state index >= 15 is 0 Å². The van der Waals surface area contributed by atoms with Gasteiger partial charge < -0.3 is 14.2 Å². The maximum atomic E-state index is 14.0. The summed E-state index contributed by atoms with van der Waals surface area (Å²) in [6.07, 6.45) is -4.39. The Balaban J connectivity index is 2.04. The van der Waals surface area contributed by atoms with Crippen molar-refractivity contribution in [3.05, 3.63) is 76.9 Å². The molecule has 3 rings (SSSR count). The first kappa shape index (κ1) is 26.6. The molecule has 0 spiro atoms. The minimum atomic E-state index is -4.72. The predicted octanol–water partition coefficient (Wildman–Crippen LogP) is 5.74. The van der Waals surface area contributed by atoms with Gasteiger partial charge in [-0.2, -0.15) is 13.2 Å². The largest absolute Gasteiger partial charge is 0.431 e. The SMILES string of the molecule is CN(CCCS(C)(=O)=O)C(=O)Oc1c(-c2ccc(Cl)cc2)cc(C(F)(F)F)n1Cc1ccccc1. The summed E-state index contributed by atoms with van der Waals surface area (Å²) >= 11 is 5.94. The van der Waals surface area contributed by atoms with Gasteiger partial charge in [0.15, 0.2) is 0 Å². The third kappa shape index (κ3) is 7.25. The lowest BCUT2D eigenvalue weighted by Gasteiger charge is -2.20. The molecule has 0 unspecified atom stereocenters. The van der Waals surface area contributed by atoms with Crippen LogP contribution in [-0.4, -0.2) is 49.6 Å². The number of alkyl halides is 3. The lowest BCUT2D eigenvalue weighted by molar-refractivity contribution is -0.143. The molecule has 1 amide bonds. The second-order valence-electron chi connectivity index (χ2n) is 8.10. The van der Waals surface area contributed by atoms with Gasteiger partial charge in [0.2, 0.25) is 5.88 Å². The van der Waals surface area contributed by atoms with Crippen LogP contribution in [0.3, 0.4) is 0 Å². The average Bonchev–Trinajstić information content (AvgIpc) is 3.12. The van der Waals surface area contributed by atoms with Crippen LogP contribution in [0.15, 0.2) is 60.7 Å². The van der Waals surface area contributed by atoms with E-state index < -0.39 is 27.8 Å². The first-order valence-electron chi connectivity index (χ1n) is 10.6. The Bertz CT molecular complexity index is 1270. The van der Waals surface area contributed by atoms with E-state index in [-0.39, 0.29) is 36.7 Å². The Morgan fingerprint density at radius 2 is 1.71 bits per heavy atom. The van der Waals surface area contributed by atoms with E-state index in [0.717, 1.165) is 21.8 Å². The summed E-state index contributed by atoms with van der Waals surface area (Å²) < 4.78 is 71.3. The van der Waals surface area contributed by atoms with Crippen LogP contribution in [0.4, 0.5) is 18.0 Å². The fourth-order valence-corrected chi connectivity index (χ4v) is 4.23. The average molecular weight is 529 g/mol. The summed E-state index contributed by atoms with van der Waals surface area (Å²) in [6.45, 7) is -0.141. The molecule has 0 atom stereocenters. The molecular formula is C24H24ClF3N2O4S. The van der Waals surface area contributed by atoms with E-state index in [1.165, 1.54) is 31.3 Å². The molecule has 188 valence electrons. The molecule has 6 nitrogen and oxygen atoms in total. The molecule has 1 heterocycles. The van der Waals surface area contributed by atoms with Crippen molar-refractivity contribution >= 4 is 27.5 Å². The van der Waals surface area contributed by atoms with Gasteiger partial charge in [-0.25, -0.2) is 13.2 Å². The van der Waals surface area contributed by atoms with Crippen LogP contribution >= 0.6 is 11.6 Å². The quantitative estimate of drug-likeness (QED) is 0.374.